The van der Waals surface area contributed by atoms with Crippen LogP contribution < -0.4 is 5.32 Å². The minimum atomic E-state index is -1.27. The van der Waals surface area contributed by atoms with Crippen LogP contribution >= 0.6 is 22.9 Å². The number of aliphatic hydroxyl groups is 1. The summed E-state index contributed by atoms with van der Waals surface area (Å²) in [5.41, 5.74) is 0.403. The molecule has 0 fully saturated rings. The molecule has 2 aromatic rings. The van der Waals surface area contributed by atoms with E-state index in [1.165, 1.54) is 4.88 Å². The first-order valence-electron chi connectivity index (χ1n) is 6.25. The normalized spacial score (nSPS) is 12.2. The molecule has 0 spiro atoms. The van der Waals surface area contributed by atoms with Gasteiger partial charge in [0.25, 0.3) is 5.91 Å². The van der Waals surface area contributed by atoms with Crippen LogP contribution in [-0.4, -0.2) is 16.0 Å². The van der Waals surface area contributed by atoms with E-state index in [9.17, 15) is 9.90 Å². The molecular weight excluding hydrogens is 296 g/mol. The van der Waals surface area contributed by atoms with Crippen LogP contribution in [0.5, 0.6) is 0 Å². The molecular formula is C14H15ClN2O2S. The van der Waals surface area contributed by atoms with Crippen LogP contribution in [0, 0.1) is 0 Å². The lowest BCUT2D eigenvalue weighted by Crippen LogP contribution is -2.28. The molecule has 0 saturated heterocycles. The average molecular weight is 311 g/mol. The highest BCUT2D eigenvalue weighted by atomic mass is 35.5. The third kappa shape index (κ3) is 3.56. The van der Waals surface area contributed by atoms with Crippen LogP contribution in [0.15, 0.2) is 30.5 Å². The van der Waals surface area contributed by atoms with Crippen molar-refractivity contribution < 1.29 is 9.90 Å². The lowest BCUT2D eigenvalue weighted by Gasteiger charge is -2.12. The molecule has 0 radical (unpaired) electrons. The van der Waals surface area contributed by atoms with Crippen molar-refractivity contribution in [3.05, 3.63) is 50.9 Å². The van der Waals surface area contributed by atoms with Crippen LogP contribution in [0.3, 0.4) is 0 Å². The molecule has 6 heteroatoms. The molecule has 1 heterocycles. The number of thiazole rings is 1. The van der Waals surface area contributed by atoms with Crippen LogP contribution in [0.2, 0.25) is 5.02 Å². The van der Waals surface area contributed by atoms with E-state index in [2.05, 4.69) is 17.2 Å². The zero-order valence-corrected chi connectivity index (χ0v) is 12.5. The number of benzene rings is 1. The molecule has 106 valence electrons. The van der Waals surface area contributed by atoms with E-state index < -0.39 is 12.0 Å². The van der Waals surface area contributed by atoms with Gasteiger partial charge in [-0.1, -0.05) is 36.7 Å². The van der Waals surface area contributed by atoms with Crippen LogP contribution in [-0.2, 0) is 17.8 Å². The topological polar surface area (TPSA) is 62.2 Å². The molecule has 1 amide bonds. The Morgan fingerprint density at radius 1 is 1.50 bits per heavy atom. The van der Waals surface area contributed by atoms with E-state index in [0.29, 0.717) is 17.1 Å². The molecule has 1 aromatic heterocycles. The molecule has 0 saturated carbocycles. The first kappa shape index (κ1) is 15.0. The van der Waals surface area contributed by atoms with E-state index >= 15 is 0 Å². The van der Waals surface area contributed by atoms with Crippen molar-refractivity contribution in [2.75, 3.05) is 0 Å². The number of rotatable bonds is 5. The maximum absolute atomic E-state index is 11.9. The number of nitrogens with zero attached hydrogens (tertiary/aromatic N) is 1. The summed E-state index contributed by atoms with van der Waals surface area (Å²) in [6.45, 7) is 2.36. The second kappa shape index (κ2) is 6.83. The first-order chi connectivity index (χ1) is 9.61. The molecule has 2 rings (SSSR count). The molecule has 1 aromatic carbocycles. The standard InChI is InChI=1S/C14H15ClN2O2S/c1-2-9-7-16-12(20-9)8-17-14(19)13(18)10-5-3-4-6-11(10)15/h3-7,13,18H,2,8H2,1H3,(H,17,19)/t13-/m1/s1. The quantitative estimate of drug-likeness (QED) is 0.892. The largest absolute Gasteiger partial charge is 0.378 e. The number of aryl methyl sites for hydroxylation is 1. The van der Waals surface area contributed by atoms with E-state index in [4.69, 9.17) is 11.6 Å². The average Bonchev–Trinajstić information content (AvgIpc) is 2.92. The smallest absolute Gasteiger partial charge is 0.253 e. The number of halogens is 1. The number of hydrogen-bond donors (Lipinski definition) is 2. The fraction of sp³-hybridized carbons (Fsp3) is 0.286. The van der Waals surface area contributed by atoms with Gasteiger partial charge in [-0.3, -0.25) is 4.79 Å². The highest BCUT2D eigenvalue weighted by Gasteiger charge is 2.19. The van der Waals surface area contributed by atoms with E-state index in [1.807, 2.05) is 0 Å². The third-order valence-electron chi connectivity index (χ3n) is 2.81. The van der Waals surface area contributed by atoms with Gasteiger partial charge in [0, 0.05) is 21.7 Å². The lowest BCUT2D eigenvalue weighted by atomic mass is 10.1. The molecule has 0 aliphatic heterocycles. The second-order valence-corrected chi connectivity index (χ2v) is 5.82. The van der Waals surface area contributed by atoms with Crippen LogP contribution in [0.1, 0.15) is 28.5 Å². The van der Waals surface area contributed by atoms with Crippen LogP contribution in [0.25, 0.3) is 0 Å². The summed E-state index contributed by atoms with van der Waals surface area (Å²) in [5, 5.41) is 13.8. The first-order valence-corrected chi connectivity index (χ1v) is 7.45. The van der Waals surface area contributed by atoms with Crippen molar-refractivity contribution in [1.29, 1.82) is 0 Å². The molecule has 20 heavy (non-hydrogen) atoms. The lowest BCUT2D eigenvalue weighted by molar-refractivity contribution is -0.129. The van der Waals surface area contributed by atoms with Crippen molar-refractivity contribution >= 4 is 28.8 Å². The second-order valence-electron chi connectivity index (χ2n) is 4.22. The fourth-order valence-electron chi connectivity index (χ4n) is 1.69. The number of carbonyl (C=O) groups excluding carboxylic acids is 1. The van der Waals surface area contributed by atoms with Crippen molar-refractivity contribution in [2.45, 2.75) is 26.0 Å². The van der Waals surface area contributed by atoms with Gasteiger partial charge in [-0.25, -0.2) is 4.98 Å². The Morgan fingerprint density at radius 3 is 2.90 bits per heavy atom. The van der Waals surface area contributed by atoms with Crippen molar-refractivity contribution in [3.8, 4) is 0 Å². The SMILES string of the molecule is CCc1cnc(CNC(=O)[C@H](O)c2ccccc2Cl)s1. The van der Waals surface area contributed by atoms with E-state index in [0.717, 1.165) is 11.4 Å². The summed E-state index contributed by atoms with van der Waals surface area (Å²) in [6, 6.07) is 6.75. The summed E-state index contributed by atoms with van der Waals surface area (Å²) in [5.74, 6) is -0.480. The fourth-order valence-corrected chi connectivity index (χ4v) is 2.73. The summed E-state index contributed by atoms with van der Waals surface area (Å²) in [4.78, 5) is 17.3. The summed E-state index contributed by atoms with van der Waals surface area (Å²) >= 11 is 7.50. The number of aliphatic hydroxyl groups excluding tert-OH is 1. The Kier molecular flexibility index (Phi) is 5.11. The number of nitrogens with one attached hydrogen (secondary N) is 1. The minimum absolute atomic E-state index is 0.311. The zero-order chi connectivity index (χ0) is 14.5. The number of amides is 1. The van der Waals surface area contributed by atoms with Gasteiger partial charge in [-0.15, -0.1) is 11.3 Å². The van der Waals surface area contributed by atoms with Crippen molar-refractivity contribution in [2.24, 2.45) is 0 Å². The zero-order valence-electron chi connectivity index (χ0n) is 11.0. The number of aromatic nitrogens is 1. The van der Waals surface area contributed by atoms with Gasteiger partial charge in [0.05, 0.1) is 6.54 Å². The molecule has 0 unspecified atom stereocenters. The van der Waals surface area contributed by atoms with Gasteiger partial charge in [0.15, 0.2) is 6.10 Å². The van der Waals surface area contributed by atoms with E-state index in [1.54, 1.807) is 41.8 Å². The van der Waals surface area contributed by atoms with Gasteiger partial charge in [0.2, 0.25) is 0 Å². The summed E-state index contributed by atoms with van der Waals surface area (Å²) in [7, 11) is 0. The Labute approximate surface area is 126 Å². The molecule has 0 aliphatic rings. The van der Waals surface area contributed by atoms with Gasteiger partial charge in [0.1, 0.15) is 5.01 Å². The Bertz CT molecular complexity index is 600. The van der Waals surface area contributed by atoms with Crippen LogP contribution in [0.4, 0.5) is 0 Å². The third-order valence-corrected chi connectivity index (χ3v) is 4.30. The predicted octanol–water partition coefficient (Wildman–Crippen LogP) is 2.71. The summed E-state index contributed by atoms with van der Waals surface area (Å²) < 4.78 is 0. The molecule has 2 N–H and O–H groups in total. The predicted molar refractivity (Wildman–Crippen MR) is 79.8 cm³/mol. The number of hydrogen-bond acceptors (Lipinski definition) is 4. The summed E-state index contributed by atoms with van der Waals surface area (Å²) in [6.07, 6.45) is 1.46. The number of carbonyl (C=O) groups is 1. The molecule has 0 bridgehead atoms. The van der Waals surface area contributed by atoms with Gasteiger partial charge < -0.3 is 10.4 Å². The van der Waals surface area contributed by atoms with Crippen molar-refractivity contribution in [1.82, 2.24) is 10.3 Å². The van der Waals surface area contributed by atoms with Gasteiger partial charge in [-0.2, -0.15) is 0 Å². The van der Waals surface area contributed by atoms with E-state index in [-0.39, 0.29) is 0 Å². The highest BCUT2D eigenvalue weighted by Crippen LogP contribution is 2.22. The Morgan fingerprint density at radius 2 is 2.25 bits per heavy atom. The maximum Gasteiger partial charge on any atom is 0.253 e. The molecule has 0 aliphatic carbocycles. The van der Waals surface area contributed by atoms with Gasteiger partial charge in [-0.05, 0) is 12.5 Å². The molecule has 1 atom stereocenters. The Balaban J connectivity index is 1.96. The van der Waals surface area contributed by atoms with Crippen molar-refractivity contribution in [3.63, 3.8) is 0 Å². The highest BCUT2D eigenvalue weighted by molar-refractivity contribution is 7.11. The monoisotopic (exact) mass is 310 g/mol. The Hall–Kier alpha value is -1.43. The maximum atomic E-state index is 11.9. The minimum Gasteiger partial charge on any atom is -0.378 e. The van der Waals surface area contributed by atoms with Gasteiger partial charge >= 0.3 is 0 Å². The molecule has 4 nitrogen and oxygen atoms in total.